The van der Waals surface area contributed by atoms with Gasteiger partial charge in [-0.25, -0.2) is 0 Å². The molecule has 2 rings (SSSR count). The topological polar surface area (TPSA) is 38.5 Å². The Morgan fingerprint density at radius 2 is 1.84 bits per heavy atom. The molecule has 0 spiro atoms. The van der Waals surface area contributed by atoms with Gasteiger partial charge in [-0.05, 0) is 25.7 Å². The van der Waals surface area contributed by atoms with E-state index in [0.29, 0.717) is 12.1 Å². The van der Waals surface area contributed by atoms with E-state index in [2.05, 4.69) is 18.7 Å². The Hall–Kier alpha value is -0.120. The third-order valence-electron chi connectivity index (χ3n) is 5.15. The molecule has 1 aliphatic carbocycles. The van der Waals surface area contributed by atoms with Crippen molar-refractivity contribution in [2.75, 3.05) is 19.7 Å². The van der Waals surface area contributed by atoms with E-state index in [1.165, 1.54) is 51.4 Å². The van der Waals surface area contributed by atoms with Crippen LogP contribution in [0.3, 0.4) is 0 Å². The molecule has 3 heteroatoms. The number of hydrogen-bond donors (Lipinski definition) is 1. The molecule has 0 aromatic carbocycles. The van der Waals surface area contributed by atoms with Crippen LogP contribution in [0, 0.1) is 0 Å². The van der Waals surface area contributed by atoms with E-state index >= 15 is 0 Å². The molecule has 112 valence electrons. The maximum Gasteiger partial charge on any atom is 0.0731 e. The van der Waals surface area contributed by atoms with Crippen molar-refractivity contribution in [2.24, 2.45) is 5.73 Å². The first kappa shape index (κ1) is 15.3. The fourth-order valence-electron chi connectivity index (χ4n) is 4.35. The summed E-state index contributed by atoms with van der Waals surface area (Å²) in [5.74, 6) is 0. The molecule has 1 saturated carbocycles. The Morgan fingerprint density at radius 3 is 2.47 bits per heavy atom. The molecule has 2 atom stereocenters. The highest BCUT2D eigenvalue weighted by atomic mass is 16.5. The van der Waals surface area contributed by atoms with Crippen LogP contribution in [0.4, 0.5) is 0 Å². The second-order valence-electron chi connectivity index (χ2n) is 6.38. The molecule has 2 fully saturated rings. The summed E-state index contributed by atoms with van der Waals surface area (Å²) in [7, 11) is 0. The standard InChI is InChI=1S/C16H32N2O/c1-3-9-16(13-17,10-4-2)18-11-12-19-15-8-6-5-7-14(15)18/h14-15H,3-13,17H2,1-2H3. The smallest absolute Gasteiger partial charge is 0.0731 e. The largest absolute Gasteiger partial charge is 0.375 e. The van der Waals surface area contributed by atoms with Crippen LogP contribution < -0.4 is 5.73 Å². The van der Waals surface area contributed by atoms with Crippen LogP contribution >= 0.6 is 0 Å². The monoisotopic (exact) mass is 268 g/mol. The van der Waals surface area contributed by atoms with Gasteiger partial charge in [-0.15, -0.1) is 0 Å². The van der Waals surface area contributed by atoms with E-state index in [1.54, 1.807) is 0 Å². The van der Waals surface area contributed by atoms with Gasteiger partial charge in [0.2, 0.25) is 0 Å². The number of fused-ring (bicyclic) bond motifs is 1. The fourth-order valence-corrected chi connectivity index (χ4v) is 4.35. The highest BCUT2D eigenvalue weighted by molar-refractivity contribution is 4.99. The Balaban J connectivity index is 2.17. The molecule has 2 aliphatic rings. The summed E-state index contributed by atoms with van der Waals surface area (Å²) in [6, 6.07) is 0.629. The van der Waals surface area contributed by atoms with Crippen molar-refractivity contribution in [3.63, 3.8) is 0 Å². The van der Waals surface area contributed by atoms with Gasteiger partial charge in [-0.3, -0.25) is 4.90 Å². The minimum absolute atomic E-state index is 0.230. The van der Waals surface area contributed by atoms with Crippen LogP contribution in [0.2, 0.25) is 0 Å². The molecule has 3 nitrogen and oxygen atoms in total. The van der Waals surface area contributed by atoms with Crippen molar-refractivity contribution in [2.45, 2.75) is 82.9 Å². The zero-order valence-electron chi connectivity index (χ0n) is 12.9. The Kier molecular flexibility index (Phi) is 5.67. The number of nitrogens with two attached hydrogens (primary N) is 1. The van der Waals surface area contributed by atoms with Gasteiger partial charge < -0.3 is 10.5 Å². The SMILES string of the molecule is CCCC(CN)(CCC)N1CCOC2CCCCC21. The highest BCUT2D eigenvalue weighted by Crippen LogP contribution is 2.36. The zero-order valence-corrected chi connectivity index (χ0v) is 12.9. The Bertz CT molecular complexity index is 261. The number of morpholine rings is 1. The van der Waals surface area contributed by atoms with Crippen molar-refractivity contribution in [1.82, 2.24) is 4.90 Å². The first-order valence-electron chi connectivity index (χ1n) is 8.36. The molecule has 0 radical (unpaired) electrons. The lowest BCUT2D eigenvalue weighted by Crippen LogP contribution is -2.64. The maximum atomic E-state index is 6.25. The lowest BCUT2D eigenvalue weighted by Gasteiger charge is -2.53. The molecular formula is C16H32N2O. The van der Waals surface area contributed by atoms with Crippen LogP contribution in [-0.4, -0.2) is 42.3 Å². The normalized spacial score (nSPS) is 29.2. The highest BCUT2D eigenvalue weighted by Gasteiger charge is 2.43. The van der Waals surface area contributed by atoms with Crippen LogP contribution in [0.15, 0.2) is 0 Å². The van der Waals surface area contributed by atoms with Crippen LogP contribution in [0.1, 0.15) is 65.2 Å². The van der Waals surface area contributed by atoms with Crippen molar-refractivity contribution < 1.29 is 4.74 Å². The molecule has 0 aromatic rings. The first-order chi connectivity index (χ1) is 9.27. The van der Waals surface area contributed by atoms with Crippen LogP contribution in [0.25, 0.3) is 0 Å². The van der Waals surface area contributed by atoms with Crippen molar-refractivity contribution in [3.05, 3.63) is 0 Å². The average Bonchev–Trinajstić information content (AvgIpc) is 2.46. The predicted molar refractivity (Wildman–Crippen MR) is 80.3 cm³/mol. The van der Waals surface area contributed by atoms with Crippen molar-refractivity contribution >= 4 is 0 Å². The summed E-state index contributed by atoms with van der Waals surface area (Å²) >= 11 is 0. The molecule has 2 N–H and O–H groups in total. The van der Waals surface area contributed by atoms with E-state index in [0.717, 1.165) is 19.7 Å². The third-order valence-corrected chi connectivity index (χ3v) is 5.15. The van der Waals surface area contributed by atoms with Gasteiger partial charge in [0.1, 0.15) is 0 Å². The lowest BCUT2D eigenvalue weighted by molar-refractivity contribution is -0.128. The average molecular weight is 268 g/mol. The quantitative estimate of drug-likeness (QED) is 0.805. The summed E-state index contributed by atoms with van der Waals surface area (Å²) in [6.07, 6.45) is 10.7. The van der Waals surface area contributed by atoms with Crippen molar-refractivity contribution in [1.29, 1.82) is 0 Å². The second kappa shape index (κ2) is 7.05. The molecule has 2 unspecified atom stereocenters. The Morgan fingerprint density at radius 1 is 1.16 bits per heavy atom. The first-order valence-corrected chi connectivity index (χ1v) is 8.36. The van der Waals surface area contributed by atoms with E-state index in [4.69, 9.17) is 10.5 Å². The van der Waals surface area contributed by atoms with E-state index in [1.807, 2.05) is 0 Å². The van der Waals surface area contributed by atoms with Gasteiger partial charge in [0, 0.05) is 24.7 Å². The summed E-state index contributed by atoms with van der Waals surface area (Å²) in [5, 5.41) is 0. The summed E-state index contributed by atoms with van der Waals surface area (Å²) in [6.45, 7) is 7.37. The van der Waals surface area contributed by atoms with E-state index in [-0.39, 0.29) is 5.54 Å². The molecule has 0 aromatic heterocycles. The number of nitrogens with zero attached hydrogens (tertiary/aromatic N) is 1. The third kappa shape index (κ3) is 3.14. The molecule has 19 heavy (non-hydrogen) atoms. The van der Waals surface area contributed by atoms with Gasteiger partial charge in [0.25, 0.3) is 0 Å². The molecule has 0 amide bonds. The van der Waals surface area contributed by atoms with Crippen molar-refractivity contribution in [3.8, 4) is 0 Å². The zero-order chi connectivity index (χ0) is 13.7. The van der Waals surface area contributed by atoms with Crippen LogP contribution in [-0.2, 0) is 4.74 Å². The maximum absolute atomic E-state index is 6.25. The predicted octanol–water partition coefficient (Wildman–Crippen LogP) is 2.93. The molecule has 1 saturated heterocycles. The summed E-state index contributed by atoms with van der Waals surface area (Å²) < 4.78 is 6.03. The molecule has 1 aliphatic heterocycles. The number of ether oxygens (including phenoxy) is 1. The minimum atomic E-state index is 0.230. The molecular weight excluding hydrogens is 236 g/mol. The van der Waals surface area contributed by atoms with Gasteiger partial charge in [-0.2, -0.15) is 0 Å². The van der Waals surface area contributed by atoms with Gasteiger partial charge >= 0.3 is 0 Å². The van der Waals surface area contributed by atoms with Gasteiger partial charge in [0.15, 0.2) is 0 Å². The van der Waals surface area contributed by atoms with Crippen LogP contribution in [0.5, 0.6) is 0 Å². The second-order valence-corrected chi connectivity index (χ2v) is 6.38. The van der Waals surface area contributed by atoms with Gasteiger partial charge in [0.05, 0.1) is 12.7 Å². The van der Waals surface area contributed by atoms with E-state index in [9.17, 15) is 0 Å². The van der Waals surface area contributed by atoms with E-state index < -0.39 is 0 Å². The number of rotatable bonds is 6. The lowest BCUT2D eigenvalue weighted by atomic mass is 9.81. The minimum Gasteiger partial charge on any atom is -0.375 e. The Labute approximate surface area is 118 Å². The molecule has 0 bridgehead atoms. The summed E-state index contributed by atoms with van der Waals surface area (Å²) in [4.78, 5) is 2.76. The molecule has 1 heterocycles. The number of hydrogen-bond acceptors (Lipinski definition) is 3. The fraction of sp³-hybridized carbons (Fsp3) is 1.00. The summed E-state index contributed by atoms with van der Waals surface area (Å²) in [5.41, 5.74) is 6.48. The van der Waals surface area contributed by atoms with Gasteiger partial charge in [-0.1, -0.05) is 39.5 Å².